The first-order valence-corrected chi connectivity index (χ1v) is 6.45. The fourth-order valence-electron chi connectivity index (χ4n) is 2.13. The Morgan fingerprint density at radius 2 is 2.12 bits per heavy atom. The van der Waals surface area contributed by atoms with Crippen molar-refractivity contribution >= 4 is 0 Å². The van der Waals surface area contributed by atoms with Gasteiger partial charge >= 0.3 is 0 Å². The molecule has 0 spiro atoms. The molecule has 94 valence electrons. The number of quaternary nitrogens is 1. The van der Waals surface area contributed by atoms with Crippen molar-refractivity contribution in [3.05, 3.63) is 29.8 Å². The SMILES string of the molecule is Cc1cccc(OCCC[NH+]2CCOCC2)c1. The highest BCUT2D eigenvalue weighted by molar-refractivity contribution is 5.27. The Balaban J connectivity index is 1.62. The average molecular weight is 236 g/mol. The van der Waals surface area contributed by atoms with Crippen LogP contribution < -0.4 is 9.64 Å². The highest BCUT2D eigenvalue weighted by Crippen LogP contribution is 2.12. The van der Waals surface area contributed by atoms with E-state index in [1.807, 2.05) is 12.1 Å². The summed E-state index contributed by atoms with van der Waals surface area (Å²) in [6.07, 6.45) is 1.11. The number of hydrogen-bond acceptors (Lipinski definition) is 2. The van der Waals surface area contributed by atoms with E-state index in [-0.39, 0.29) is 0 Å². The maximum atomic E-state index is 5.73. The van der Waals surface area contributed by atoms with Gasteiger partial charge in [-0.3, -0.25) is 0 Å². The highest BCUT2D eigenvalue weighted by atomic mass is 16.5. The van der Waals surface area contributed by atoms with Crippen LogP contribution in [0.1, 0.15) is 12.0 Å². The van der Waals surface area contributed by atoms with Crippen molar-refractivity contribution < 1.29 is 14.4 Å². The van der Waals surface area contributed by atoms with E-state index in [2.05, 4.69) is 19.1 Å². The molecule has 0 amide bonds. The van der Waals surface area contributed by atoms with Crippen LogP contribution >= 0.6 is 0 Å². The lowest BCUT2D eigenvalue weighted by Crippen LogP contribution is -3.14. The molecule has 1 aromatic carbocycles. The molecule has 1 aliphatic heterocycles. The molecular formula is C14H22NO2+. The maximum absolute atomic E-state index is 5.73. The Morgan fingerprint density at radius 3 is 2.88 bits per heavy atom. The lowest BCUT2D eigenvalue weighted by atomic mass is 10.2. The smallest absolute Gasteiger partial charge is 0.119 e. The first kappa shape index (κ1) is 12.4. The molecule has 0 aromatic heterocycles. The van der Waals surface area contributed by atoms with Crippen LogP contribution in [0.5, 0.6) is 5.75 Å². The summed E-state index contributed by atoms with van der Waals surface area (Å²) >= 11 is 0. The van der Waals surface area contributed by atoms with Crippen molar-refractivity contribution in [2.75, 3.05) is 39.5 Å². The molecule has 3 heteroatoms. The summed E-state index contributed by atoms with van der Waals surface area (Å²) in [5, 5.41) is 0. The zero-order chi connectivity index (χ0) is 11.9. The summed E-state index contributed by atoms with van der Waals surface area (Å²) in [5.74, 6) is 0.988. The number of rotatable bonds is 5. The molecule has 0 bridgehead atoms. The van der Waals surface area contributed by atoms with E-state index in [0.29, 0.717) is 0 Å². The number of aryl methyl sites for hydroxylation is 1. The van der Waals surface area contributed by atoms with Crippen LogP contribution in [0.2, 0.25) is 0 Å². The first-order valence-electron chi connectivity index (χ1n) is 6.45. The van der Waals surface area contributed by atoms with Crippen molar-refractivity contribution in [2.24, 2.45) is 0 Å². The minimum Gasteiger partial charge on any atom is -0.493 e. The Labute approximate surface area is 103 Å². The molecule has 1 aromatic rings. The van der Waals surface area contributed by atoms with Gasteiger partial charge in [-0.25, -0.2) is 0 Å². The molecule has 0 atom stereocenters. The summed E-state index contributed by atoms with van der Waals surface area (Å²) in [6, 6.07) is 8.23. The molecule has 2 rings (SSSR count). The molecule has 0 radical (unpaired) electrons. The van der Waals surface area contributed by atoms with Crippen molar-refractivity contribution in [3.63, 3.8) is 0 Å². The number of benzene rings is 1. The Hall–Kier alpha value is -1.06. The second-order valence-electron chi connectivity index (χ2n) is 4.63. The van der Waals surface area contributed by atoms with Crippen molar-refractivity contribution in [1.29, 1.82) is 0 Å². The van der Waals surface area contributed by atoms with Gasteiger partial charge in [0.2, 0.25) is 0 Å². The van der Waals surface area contributed by atoms with E-state index < -0.39 is 0 Å². The lowest BCUT2D eigenvalue weighted by molar-refractivity contribution is -0.908. The molecule has 1 aliphatic rings. The van der Waals surface area contributed by atoms with Crippen LogP contribution in [0.4, 0.5) is 0 Å². The zero-order valence-corrected chi connectivity index (χ0v) is 10.6. The largest absolute Gasteiger partial charge is 0.493 e. The van der Waals surface area contributed by atoms with E-state index in [1.165, 1.54) is 12.1 Å². The Bertz CT molecular complexity index is 335. The van der Waals surface area contributed by atoms with Gasteiger partial charge in [-0.1, -0.05) is 12.1 Å². The molecule has 1 saturated heterocycles. The molecule has 1 fully saturated rings. The molecule has 3 nitrogen and oxygen atoms in total. The van der Waals surface area contributed by atoms with Crippen molar-refractivity contribution in [1.82, 2.24) is 0 Å². The van der Waals surface area contributed by atoms with E-state index in [9.17, 15) is 0 Å². The summed E-state index contributed by atoms with van der Waals surface area (Å²) < 4.78 is 11.1. The van der Waals surface area contributed by atoms with E-state index in [4.69, 9.17) is 9.47 Å². The number of nitrogens with one attached hydrogen (secondary N) is 1. The Morgan fingerprint density at radius 1 is 1.29 bits per heavy atom. The van der Waals surface area contributed by atoms with Gasteiger partial charge in [0.15, 0.2) is 0 Å². The summed E-state index contributed by atoms with van der Waals surface area (Å²) in [4.78, 5) is 1.64. The van der Waals surface area contributed by atoms with Gasteiger partial charge < -0.3 is 14.4 Å². The Kier molecular flexibility index (Phi) is 4.83. The van der Waals surface area contributed by atoms with Crippen LogP contribution in [-0.4, -0.2) is 39.5 Å². The predicted octanol–water partition coefficient (Wildman–Crippen LogP) is 0.679. The van der Waals surface area contributed by atoms with Gasteiger partial charge in [0.1, 0.15) is 18.8 Å². The topological polar surface area (TPSA) is 22.9 Å². The van der Waals surface area contributed by atoms with Crippen molar-refractivity contribution in [3.8, 4) is 5.75 Å². The minimum absolute atomic E-state index is 0.813. The fraction of sp³-hybridized carbons (Fsp3) is 0.571. The summed E-state index contributed by atoms with van der Waals surface area (Å²) in [5.41, 5.74) is 1.25. The maximum Gasteiger partial charge on any atom is 0.119 e. The molecule has 1 N–H and O–H groups in total. The van der Waals surface area contributed by atoms with Gasteiger partial charge in [0.25, 0.3) is 0 Å². The van der Waals surface area contributed by atoms with Crippen LogP contribution in [0.25, 0.3) is 0 Å². The molecule has 1 heterocycles. The lowest BCUT2D eigenvalue weighted by Gasteiger charge is -2.23. The van der Waals surface area contributed by atoms with Crippen LogP contribution in [0.15, 0.2) is 24.3 Å². The van der Waals surface area contributed by atoms with Crippen molar-refractivity contribution in [2.45, 2.75) is 13.3 Å². The summed E-state index contributed by atoms with van der Waals surface area (Å²) in [7, 11) is 0. The number of hydrogen-bond donors (Lipinski definition) is 1. The normalized spacial score (nSPS) is 17.0. The third kappa shape index (κ3) is 4.36. The van der Waals surface area contributed by atoms with Crippen LogP contribution in [-0.2, 0) is 4.74 Å². The number of ether oxygens (including phenoxy) is 2. The van der Waals surface area contributed by atoms with E-state index >= 15 is 0 Å². The second-order valence-corrected chi connectivity index (χ2v) is 4.63. The van der Waals surface area contributed by atoms with E-state index in [1.54, 1.807) is 4.90 Å². The third-order valence-electron chi connectivity index (χ3n) is 3.13. The third-order valence-corrected chi connectivity index (χ3v) is 3.13. The predicted molar refractivity (Wildman–Crippen MR) is 67.7 cm³/mol. The number of morpholine rings is 1. The summed E-state index contributed by atoms with van der Waals surface area (Å²) in [6.45, 7) is 8.20. The van der Waals surface area contributed by atoms with Gasteiger partial charge in [0.05, 0.1) is 26.4 Å². The van der Waals surface area contributed by atoms with Gasteiger partial charge in [-0.2, -0.15) is 0 Å². The monoisotopic (exact) mass is 236 g/mol. The zero-order valence-electron chi connectivity index (χ0n) is 10.6. The van der Waals surface area contributed by atoms with Crippen LogP contribution in [0.3, 0.4) is 0 Å². The average Bonchev–Trinajstić information content (AvgIpc) is 2.36. The fourth-order valence-corrected chi connectivity index (χ4v) is 2.13. The second kappa shape index (κ2) is 6.62. The van der Waals surface area contributed by atoms with Gasteiger partial charge in [-0.05, 0) is 24.6 Å². The standard InChI is InChI=1S/C14H21NO2/c1-13-4-2-5-14(12-13)17-9-3-6-15-7-10-16-11-8-15/h2,4-5,12H,3,6-11H2,1H3/p+1. The minimum atomic E-state index is 0.813. The molecule has 0 unspecified atom stereocenters. The molecule has 0 saturated carbocycles. The van der Waals surface area contributed by atoms with Crippen LogP contribution in [0, 0.1) is 6.92 Å². The molecular weight excluding hydrogens is 214 g/mol. The van der Waals surface area contributed by atoms with Gasteiger partial charge in [0, 0.05) is 6.42 Å². The van der Waals surface area contributed by atoms with E-state index in [0.717, 1.165) is 45.1 Å². The molecule has 0 aliphatic carbocycles. The quantitative estimate of drug-likeness (QED) is 0.760. The molecule has 17 heavy (non-hydrogen) atoms. The highest BCUT2D eigenvalue weighted by Gasteiger charge is 2.12. The first-order chi connectivity index (χ1) is 8.34. The van der Waals surface area contributed by atoms with Gasteiger partial charge in [-0.15, -0.1) is 0 Å².